The van der Waals surface area contributed by atoms with Crippen molar-refractivity contribution in [3.63, 3.8) is 0 Å². The summed E-state index contributed by atoms with van der Waals surface area (Å²) in [5.74, 6) is -0.297. The van der Waals surface area contributed by atoms with Gasteiger partial charge in [-0.25, -0.2) is 4.39 Å². The Labute approximate surface area is 184 Å². The number of hydrogen-bond acceptors (Lipinski definition) is 4. The van der Waals surface area contributed by atoms with E-state index in [1.54, 1.807) is 36.4 Å². The van der Waals surface area contributed by atoms with Crippen LogP contribution in [0, 0.1) is 17.1 Å². The van der Waals surface area contributed by atoms with E-state index in [1.165, 1.54) is 25.3 Å². The number of para-hydroxylation sites is 1. The molecule has 0 aromatic heterocycles. The van der Waals surface area contributed by atoms with Crippen molar-refractivity contribution in [2.24, 2.45) is 0 Å². The average molecular weight is 437 g/mol. The Bertz CT molecular complexity index is 1160. The molecule has 0 heterocycles. The molecule has 1 N–H and O–H groups in total. The normalized spacial score (nSPS) is 10.8. The Morgan fingerprint density at radius 2 is 1.94 bits per heavy atom. The predicted molar refractivity (Wildman–Crippen MR) is 118 cm³/mol. The molecular weight excluding hydrogens is 419 g/mol. The van der Waals surface area contributed by atoms with Gasteiger partial charge < -0.3 is 14.8 Å². The summed E-state index contributed by atoms with van der Waals surface area (Å²) in [4.78, 5) is 12.1. The summed E-state index contributed by atoms with van der Waals surface area (Å²) in [6.45, 7) is -0.271. The summed E-state index contributed by atoms with van der Waals surface area (Å²) in [6, 6.07) is 20.0. The van der Waals surface area contributed by atoms with Gasteiger partial charge in [0.2, 0.25) is 0 Å². The SMILES string of the molecule is COc1cc(/C=C(/C#N)c2cccc(F)c2)cc(Cl)c1OCC(=O)Nc1ccccc1. The van der Waals surface area contributed by atoms with Crippen molar-refractivity contribution in [3.8, 4) is 17.6 Å². The number of carbonyl (C=O) groups excluding carboxylic acids is 1. The molecule has 7 heteroatoms. The van der Waals surface area contributed by atoms with E-state index in [0.717, 1.165) is 0 Å². The maximum Gasteiger partial charge on any atom is 0.262 e. The Morgan fingerprint density at radius 1 is 1.16 bits per heavy atom. The van der Waals surface area contributed by atoms with Gasteiger partial charge in [-0.05, 0) is 53.6 Å². The Kier molecular flexibility index (Phi) is 7.26. The number of methoxy groups -OCH3 is 1. The average Bonchev–Trinajstić information content (AvgIpc) is 2.77. The molecule has 0 radical (unpaired) electrons. The number of rotatable bonds is 7. The van der Waals surface area contributed by atoms with Crippen LogP contribution in [-0.4, -0.2) is 19.6 Å². The van der Waals surface area contributed by atoms with Crippen LogP contribution < -0.4 is 14.8 Å². The highest BCUT2D eigenvalue weighted by Crippen LogP contribution is 2.37. The first-order valence-electron chi connectivity index (χ1n) is 9.23. The van der Waals surface area contributed by atoms with E-state index in [9.17, 15) is 14.4 Å². The standard InChI is InChI=1S/C24H18ClFN2O3/c1-30-22-12-16(10-18(14-27)17-6-5-7-19(26)13-17)11-21(25)24(22)31-15-23(29)28-20-8-3-2-4-9-20/h2-13H,15H2,1H3,(H,28,29)/b18-10-. The first kappa shape index (κ1) is 21.9. The molecule has 0 saturated heterocycles. The number of carbonyl (C=O) groups is 1. The van der Waals surface area contributed by atoms with E-state index < -0.39 is 5.82 Å². The second-order valence-electron chi connectivity index (χ2n) is 6.42. The number of nitrogens with zero attached hydrogens (tertiary/aromatic N) is 1. The summed E-state index contributed by atoms with van der Waals surface area (Å²) in [5.41, 5.74) is 1.91. The van der Waals surface area contributed by atoms with Crippen molar-refractivity contribution < 1.29 is 18.7 Å². The number of ether oxygens (including phenoxy) is 2. The molecular formula is C24H18ClFN2O3. The second kappa shape index (κ2) is 10.3. The number of nitrogens with one attached hydrogen (secondary N) is 1. The first-order chi connectivity index (χ1) is 15.0. The fourth-order valence-electron chi connectivity index (χ4n) is 2.82. The van der Waals surface area contributed by atoms with Gasteiger partial charge in [-0.2, -0.15) is 5.26 Å². The minimum absolute atomic E-state index is 0.203. The van der Waals surface area contributed by atoms with Gasteiger partial charge in [-0.1, -0.05) is 41.9 Å². The van der Waals surface area contributed by atoms with Crippen LogP contribution in [0.4, 0.5) is 10.1 Å². The molecule has 0 fully saturated rings. The second-order valence-corrected chi connectivity index (χ2v) is 6.82. The highest BCUT2D eigenvalue weighted by atomic mass is 35.5. The molecule has 0 atom stereocenters. The van der Waals surface area contributed by atoms with Gasteiger partial charge in [0.05, 0.1) is 23.8 Å². The lowest BCUT2D eigenvalue weighted by molar-refractivity contribution is -0.118. The van der Waals surface area contributed by atoms with Crippen LogP contribution in [0.1, 0.15) is 11.1 Å². The molecule has 3 aromatic rings. The molecule has 0 aliphatic heterocycles. The maximum absolute atomic E-state index is 13.5. The minimum Gasteiger partial charge on any atom is -0.493 e. The number of halogens is 2. The van der Waals surface area contributed by atoms with Crippen LogP contribution in [0.25, 0.3) is 11.6 Å². The smallest absolute Gasteiger partial charge is 0.262 e. The molecule has 0 bridgehead atoms. The molecule has 0 spiro atoms. The van der Waals surface area contributed by atoms with Gasteiger partial charge in [-0.15, -0.1) is 0 Å². The molecule has 0 aliphatic carbocycles. The molecule has 5 nitrogen and oxygen atoms in total. The zero-order valence-electron chi connectivity index (χ0n) is 16.6. The van der Waals surface area contributed by atoms with Gasteiger partial charge in [0.15, 0.2) is 18.1 Å². The number of nitriles is 1. The summed E-state index contributed by atoms with van der Waals surface area (Å²) < 4.78 is 24.4. The summed E-state index contributed by atoms with van der Waals surface area (Å²) in [7, 11) is 1.44. The van der Waals surface area contributed by atoms with E-state index in [-0.39, 0.29) is 28.9 Å². The van der Waals surface area contributed by atoms with Gasteiger partial charge in [0.1, 0.15) is 5.82 Å². The maximum atomic E-state index is 13.5. The lowest BCUT2D eigenvalue weighted by atomic mass is 10.0. The van der Waals surface area contributed by atoms with Crippen LogP contribution in [0.3, 0.4) is 0 Å². The van der Waals surface area contributed by atoms with Crippen LogP contribution in [0.2, 0.25) is 5.02 Å². The Hall–Kier alpha value is -3.82. The topological polar surface area (TPSA) is 71.3 Å². The van der Waals surface area contributed by atoms with E-state index >= 15 is 0 Å². The molecule has 3 aromatic carbocycles. The van der Waals surface area contributed by atoms with E-state index in [0.29, 0.717) is 22.6 Å². The zero-order chi connectivity index (χ0) is 22.2. The predicted octanol–water partition coefficient (Wildman–Crippen LogP) is 5.57. The van der Waals surface area contributed by atoms with Gasteiger partial charge in [-0.3, -0.25) is 4.79 Å². The fourth-order valence-corrected chi connectivity index (χ4v) is 3.10. The first-order valence-corrected chi connectivity index (χ1v) is 9.61. The summed E-state index contributed by atoms with van der Waals surface area (Å²) >= 11 is 6.35. The van der Waals surface area contributed by atoms with Crippen LogP contribution in [0.5, 0.6) is 11.5 Å². The molecule has 156 valence electrons. The zero-order valence-corrected chi connectivity index (χ0v) is 17.3. The monoisotopic (exact) mass is 436 g/mol. The van der Waals surface area contributed by atoms with Gasteiger partial charge in [0, 0.05) is 5.69 Å². The quantitative estimate of drug-likeness (QED) is 0.388. The number of hydrogen-bond donors (Lipinski definition) is 1. The minimum atomic E-state index is -0.438. The van der Waals surface area contributed by atoms with Crippen molar-refractivity contribution >= 4 is 34.8 Å². The van der Waals surface area contributed by atoms with Crippen molar-refractivity contribution in [1.29, 1.82) is 5.26 Å². The van der Waals surface area contributed by atoms with Crippen LogP contribution in [-0.2, 0) is 4.79 Å². The van der Waals surface area contributed by atoms with Crippen molar-refractivity contribution in [2.45, 2.75) is 0 Å². The molecule has 3 rings (SSSR count). The Morgan fingerprint density at radius 3 is 2.61 bits per heavy atom. The number of benzene rings is 3. The third kappa shape index (κ3) is 5.84. The van der Waals surface area contributed by atoms with Crippen molar-refractivity contribution in [1.82, 2.24) is 0 Å². The fraction of sp³-hybridized carbons (Fsp3) is 0.0833. The highest BCUT2D eigenvalue weighted by molar-refractivity contribution is 6.32. The molecule has 0 saturated carbocycles. The third-order valence-corrected chi connectivity index (χ3v) is 4.50. The van der Waals surface area contributed by atoms with E-state index in [4.69, 9.17) is 21.1 Å². The largest absolute Gasteiger partial charge is 0.493 e. The van der Waals surface area contributed by atoms with Gasteiger partial charge >= 0.3 is 0 Å². The summed E-state index contributed by atoms with van der Waals surface area (Å²) in [6.07, 6.45) is 1.56. The van der Waals surface area contributed by atoms with Crippen molar-refractivity contribution in [3.05, 3.63) is 88.7 Å². The number of anilines is 1. The molecule has 31 heavy (non-hydrogen) atoms. The number of amides is 1. The molecule has 1 amide bonds. The number of allylic oxidation sites excluding steroid dienone is 1. The Balaban J connectivity index is 1.79. The van der Waals surface area contributed by atoms with E-state index in [2.05, 4.69) is 11.4 Å². The van der Waals surface area contributed by atoms with Gasteiger partial charge in [0.25, 0.3) is 5.91 Å². The van der Waals surface area contributed by atoms with E-state index in [1.807, 2.05) is 18.2 Å². The summed E-state index contributed by atoms with van der Waals surface area (Å²) in [5, 5.41) is 12.4. The van der Waals surface area contributed by atoms with Crippen LogP contribution in [0.15, 0.2) is 66.7 Å². The highest BCUT2D eigenvalue weighted by Gasteiger charge is 2.14. The molecule has 0 aliphatic rings. The lowest BCUT2D eigenvalue weighted by Crippen LogP contribution is -2.20. The third-order valence-electron chi connectivity index (χ3n) is 4.22. The van der Waals surface area contributed by atoms with Crippen LogP contribution >= 0.6 is 11.6 Å². The molecule has 0 unspecified atom stereocenters. The lowest BCUT2D eigenvalue weighted by Gasteiger charge is -2.13. The van der Waals surface area contributed by atoms with Crippen molar-refractivity contribution in [2.75, 3.05) is 19.0 Å².